The van der Waals surface area contributed by atoms with E-state index in [-0.39, 0.29) is 11.4 Å². The van der Waals surface area contributed by atoms with Gasteiger partial charge in [-0.15, -0.1) is 0 Å². The SMILES string of the molecule is COc1cc2c(cc1NC(=O)c1nn(C)cc1[N+](=O)[O-])oc1ccccc12. The molecule has 2 heterocycles. The number of anilines is 1. The summed E-state index contributed by atoms with van der Waals surface area (Å²) in [5.41, 5.74) is 0.934. The van der Waals surface area contributed by atoms with Crippen molar-refractivity contribution in [3.63, 3.8) is 0 Å². The lowest BCUT2D eigenvalue weighted by atomic mass is 10.1. The maximum atomic E-state index is 12.6. The zero-order valence-electron chi connectivity index (χ0n) is 14.4. The number of amides is 1. The molecule has 2 aromatic carbocycles. The molecule has 0 unspecified atom stereocenters. The number of fused-ring (bicyclic) bond motifs is 3. The van der Waals surface area contributed by atoms with Gasteiger partial charge in [-0.2, -0.15) is 5.10 Å². The summed E-state index contributed by atoms with van der Waals surface area (Å²) in [6, 6.07) is 10.9. The molecule has 27 heavy (non-hydrogen) atoms. The average Bonchev–Trinajstić information content (AvgIpc) is 3.21. The fourth-order valence-electron chi connectivity index (χ4n) is 2.97. The number of hydrogen-bond acceptors (Lipinski definition) is 6. The molecule has 1 N–H and O–H groups in total. The molecule has 4 aromatic rings. The van der Waals surface area contributed by atoms with Crippen molar-refractivity contribution in [2.24, 2.45) is 7.05 Å². The summed E-state index contributed by atoms with van der Waals surface area (Å²) in [5.74, 6) is -0.308. The maximum Gasteiger partial charge on any atom is 0.320 e. The largest absolute Gasteiger partial charge is 0.495 e. The second-order valence-corrected chi connectivity index (χ2v) is 5.89. The standard InChI is InChI=1S/C18H14N4O5/c1-21-9-13(22(24)25)17(20-21)18(23)19-12-8-15-11(7-16(12)26-2)10-5-3-4-6-14(10)27-15/h3-9H,1-2H3,(H,19,23). The van der Waals surface area contributed by atoms with E-state index in [1.165, 1.54) is 25.0 Å². The normalized spacial score (nSPS) is 11.0. The number of hydrogen-bond donors (Lipinski definition) is 1. The number of para-hydroxylation sites is 1. The summed E-state index contributed by atoms with van der Waals surface area (Å²) >= 11 is 0. The fraction of sp³-hybridized carbons (Fsp3) is 0.111. The Hall–Kier alpha value is -3.88. The van der Waals surface area contributed by atoms with E-state index in [0.29, 0.717) is 22.6 Å². The van der Waals surface area contributed by atoms with Crippen LogP contribution < -0.4 is 10.1 Å². The molecule has 136 valence electrons. The van der Waals surface area contributed by atoms with Gasteiger partial charge in [0.25, 0.3) is 5.91 Å². The van der Waals surface area contributed by atoms with Crippen molar-refractivity contribution in [2.75, 3.05) is 12.4 Å². The Morgan fingerprint density at radius 1 is 1.26 bits per heavy atom. The second-order valence-electron chi connectivity index (χ2n) is 5.89. The maximum absolute atomic E-state index is 12.6. The summed E-state index contributed by atoms with van der Waals surface area (Å²) in [4.78, 5) is 23.0. The van der Waals surface area contributed by atoms with Crippen LogP contribution in [0.3, 0.4) is 0 Å². The Morgan fingerprint density at radius 3 is 2.78 bits per heavy atom. The van der Waals surface area contributed by atoms with Crippen molar-refractivity contribution in [2.45, 2.75) is 0 Å². The fourth-order valence-corrected chi connectivity index (χ4v) is 2.97. The van der Waals surface area contributed by atoms with E-state index in [9.17, 15) is 14.9 Å². The van der Waals surface area contributed by atoms with Gasteiger partial charge >= 0.3 is 5.69 Å². The van der Waals surface area contributed by atoms with Crippen molar-refractivity contribution in [3.8, 4) is 5.75 Å². The third kappa shape index (κ3) is 2.74. The molecule has 0 saturated heterocycles. The molecular formula is C18H14N4O5. The van der Waals surface area contributed by atoms with Gasteiger partial charge in [0, 0.05) is 23.9 Å². The lowest BCUT2D eigenvalue weighted by Gasteiger charge is -2.09. The highest BCUT2D eigenvalue weighted by Crippen LogP contribution is 2.36. The molecule has 0 aliphatic carbocycles. The molecule has 0 aliphatic rings. The van der Waals surface area contributed by atoms with Crippen LogP contribution in [0, 0.1) is 10.1 Å². The lowest BCUT2D eigenvalue weighted by Crippen LogP contribution is -2.15. The van der Waals surface area contributed by atoms with Gasteiger partial charge in [0.1, 0.15) is 23.1 Å². The van der Waals surface area contributed by atoms with Gasteiger partial charge in [0.2, 0.25) is 5.69 Å². The zero-order valence-corrected chi connectivity index (χ0v) is 14.4. The Balaban J connectivity index is 1.78. The number of carbonyl (C=O) groups is 1. The molecule has 1 amide bonds. The van der Waals surface area contributed by atoms with Crippen molar-refractivity contribution in [1.82, 2.24) is 9.78 Å². The first-order chi connectivity index (χ1) is 13.0. The highest BCUT2D eigenvalue weighted by atomic mass is 16.6. The van der Waals surface area contributed by atoms with Crippen LogP contribution in [0.25, 0.3) is 21.9 Å². The molecule has 9 heteroatoms. The molecule has 0 saturated carbocycles. The lowest BCUT2D eigenvalue weighted by molar-refractivity contribution is -0.385. The number of methoxy groups -OCH3 is 1. The van der Waals surface area contributed by atoms with Crippen molar-refractivity contribution in [3.05, 3.63) is 58.4 Å². The van der Waals surface area contributed by atoms with Gasteiger partial charge in [-0.1, -0.05) is 18.2 Å². The number of ether oxygens (including phenoxy) is 1. The number of benzene rings is 2. The number of nitrogens with one attached hydrogen (secondary N) is 1. The van der Waals surface area contributed by atoms with Crippen LogP contribution in [0.15, 0.2) is 47.0 Å². The van der Waals surface area contributed by atoms with Gasteiger partial charge < -0.3 is 14.5 Å². The number of aryl methyl sites for hydroxylation is 1. The first kappa shape index (κ1) is 16.6. The third-order valence-electron chi connectivity index (χ3n) is 4.17. The second kappa shape index (κ2) is 6.13. The quantitative estimate of drug-likeness (QED) is 0.437. The van der Waals surface area contributed by atoms with Gasteiger partial charge in [-0.05, 0) is 12.1 Å². The van der Waals surface area contributed by atoms with E-state index < -0.39 is 10.8 Å². The molecule has 4 rings (SSSR count). The van der Waals surface area contributed by atoms with Gasteiger partial charge in [-0.3, -0.25) is 19.6 Å². The van der Waals surface area contributed by atoms with Crippen molar-refractivity contribution < 1.29 is 18.9 Å². The minimum atomic E-state index is -0.712. The summed E-state index contributed by atoms with van der Waals surface area (Å²) in [7, 11) is 2.98. The Labute approximate surface area is 152 Å². The molecular weight excluding hydrogens is 352 g/mol. The van der Waals surface area contributed by atoms with E-state index in [2.05, 4.69) is 10.4 Å². The first-order valence-electron chi connectivity index (χ1n) is 7.96. The number of nitro groups is 1. The van der Waals surface area contributed by atoms with Crippen LogP contribution in [-0.2, 0) is 7.05 Å². The molecule has 9 nitrogen and oxygen atoms in total. The van der Waals surface area contributed by atoms with Crippen LogP contribution in [0.1, 0.15) is 10.5 Å². The highest BCUT2D eigenvalue weighted by Gasteiger charge is 2.26. The van der Waals surface area contributed by atoms with E-state index in [1.54, 1.807) is 12.1 Å². The predicted molar refractivity (Wildman–Crippen MR) is 98.1 cm³/mol. The molecule has 0 bridgehead atoms. The molecule has 0 aliphatic heterocycles. The zero-order chi connectivity index (χ0) is 19.1. The summed E-state index contributed by atoms with van der Waals surface area (Å²) in [5, 5.41) is 19.4. The highest BCUT2D eigenvalue weighted by molar-refractivity contribution is 6.10. The Bertz CT molecular complexity index is 1210. The Morgan fingerprint density at radius 2 is 2.04 bits per heavy atom. The number of nitrogens with zero attached hydrogens (tertiary/aromatic N) is 3. The number of carbonyl (C=O) groups excluding carboxylic acids is 1. The van der Waals surface area contributed by atoms with Crippen LogP contribution in [-0.4, -0.2) is 27.7 Å². The predicted octanol–water partition coefficient (Wildman–Crippen LogP) is 3.49. The molecule has 0 spiro atoms. The smallest absolute Gasteiger partial charge is 0.320 e. The summed E-state index contributed by atoms with van der Waals surface area (Å²) in [6.07, 6.45) is 1.18. The number of furan rings is 1. The summed E-state index contributed by atoms with van der Waals surface area (Å²) in [6.45, 7) is 0. The van der Waals surface area contributed by atoms with Gasteiger partial charge in [0.15, 0.2) is 0 Å². The number of aromatic nitrogens is 2. The first-order valence-corrected chi connectivity index (χ1v) is 7.96. The minimum absolute atomic E-state index is 0.283. The Kier molecular flexibility index (Phi) is 3.76. The molecule has 0 radical (unpaired) electrons. The minimum Gasteiger partial charge on any atom is -0.495 e. The van der Waals surface area contributed by atoms with Crippen LogP contribution in [0.2, 0.25) is 0 Å². The topological polar surface area (TPSA) is 112 Å². The van der Waals surface area contributed by atoms with Gasteiger partial charge in [-0.25, -0.2) is 0 Å². The molecule has 0 fully saturated rings. The van der Waals surface area contributed by atoms with E-state index in [1.807, 2.05) is 24.3 Å². The molecule has 2 aromatic heterocycles. The van der Waals surface area contributed by atoms with E-state index in [0.717, 1.165) is 10.8 Å². The molecule has 0 atom stereocenters. The number of rotatable bonds is 4. The van der Waals surface area contributed by atoms with Crippen molar-refractivity contribution in [1.29, 1.82) is 0 Å². The van der Waals surface area contributed by atoms with E-state index >= 15 is 0 Å². The van der Waals surface area contributed by atoms with Crippen molar-refractivity contribution >= 4 is 39.2 Å². The van der Waals surface area contributed by atoms with Crippen LogP contribution >= 0.6 is 0 Å². The van der Waals surface area contributed by atoms with Crippen LogP contribution in [0.4, 0.5) is 11.4 Å². The average molecular weight is 366 g/mol. The van der Waals surface area contributed by atoms with Gasteiger partial charge in [0.05, 0.1) is 17.7 Å². The van der Waals surface area contributed by atoms with E-state index in [4.69, 9.17) is 9.15 Å². The monoisotopic (exact) mass is 366 g/mol. The third-order valence-corrected chi connectivity index (χ3v) is 4.17. The summed E-state index contributed by atoms with van der Waals surface area (Å²) < 4.78 is 12.4. The van der Waals surface area contributed by atoms with Crippen LogP contribution in [0.5, 0.6) is 5.75 Å².